The number of nitrogen functional groups attached to an aromatic ring is 2. The maximum Gasteiger partial charge on any atom is 0.412 e. The molecular weight excluding hydrogens is 1660 g/mol. The third kappa shape index (κ3) is 34.7. The highest BCUT2D eigenvalue weighted by atomic mass is 35.5. The van der Waals surface area contributed by atoms with E-state index in [2.05, 4.69) is 43.6 Å². The summed E-state index contributed by atoms with van der Waals surface area (Å²) in [4.78, 5) is 88.0. The van der Waals surface area contributed by atoms with Crippen molar-refractivity contribution in [2.24, 2.45) is 10.8 Å². The molecule has 9 N–H and O–H groups in total. The zero-order valence-electron chi connectivity index (χ0n) is 74.7. The zero-order valence-corrected chi connectivity index (χ0v) is 76.9. The van der Waals surface area contributed by atoms with E-state index in [0.29, 0.717) is 79.9 Å². The van der Waals surface area contributed by atoms with Gasteiger partial charge in [0.05, 0.1) is 34.1 Å². The number of hydrogen-bond donors (Lipinski definition) is 7. The monoisotopic (exact) mass is 1780 g/mol. The van der Waals surface area contributed by atoms with Crippen LogP contribution in [-0.2, 0) is 37.3 Å². The van der Waals surface area contributed by atoms with E-state index >= 15 is 0 Å². The second-order valence-electron chi connectivity index (χ2n) is 34.5. The number of carbonyl (C=O) groups excluding carboxylic acids is 7. The first kappa shape index (κ1) is 103. The molecule has 4 aliphatic rings. The molecule has 4 fully saturated rings. The first-order valence-corrected chi connectivity index (χ1v) is 44.5. The van der Waals surface area contributed by atoms with Crippen LogP contribution in [0.3, 0.4) is 0 Å². The summed E-state index contributed by atoms with van der Waals surface area (Å²) in [6.45, 7) is 30.0. The van der Waals surface area contributed by atoms with Crippen molar-refractivity contribution in [2.75, 3.05) is 91.2 Å². The van der Waals surface area contributed by atoms with Gasteiger partial charge in [-0.2, -0.15) is 0 Å². The molecule has 0 bridgehead atoms. The minimum Gasteiger partial charge on any atom is -0.444 e. The number of nitrogens with one attached hydrogen (secondary N) is 5. The molecule has 0 radical (unpaired) electrons. The molecule has 4 heterocycles. The van der Waals surface area contributed by atoms with Crippen LogP contribution in [0.4, 0.5) is 48.5 Å². The van der Waals surface area contributed by atoms with E-state index in [0.717, 1.165) is 96.4 Å². The van der Waals surface area contributed by atoms with Crippen LogP contribution in [0.1, 0.15) is 183 Å². The molecule has 0 aliphatic carbocycles. The second-order valence-corrected chi connectivity index (χ2v) is 35.3. The lowest BCUT2D eigenvalue weighted by Crippen LogP contribution is -2.48. The number of halogens is 3. The summed E-state index contributed by atoms with van der Waals surface area (Å²) in [6, 6.07) is 80.9. The summed E-state index contributed by atoms with van der Waals surface area (Å²) in [5, 5.41) is 14.9. The van der Waals surface area contributed by atoms with Crippen LogP contribution in [0.25, 0.3) is 33.4 Å². The Bertz CT molecular complexity index is 5010. The molecule has 0 unspecified atom stereocenters. The standard InChI is InChI=1S/C29H34N4O.C27H29ClN2O3.C17H20N2O2.C14H26N2O2.C8H6Cl2O.C6H6.C2H4O.CH4/c30-26-11-10-25(23-4-2-1-3-5-23)20-27(26)32-28(34)24-8-6-22(7-9-24)21-33-18-14-29(15-19-33)12-16-31-17-13-29;1-5-30(25(31)21-13-11-19(18-28)12-14-21)24-17-22(20-9-7-6-8-10-20)15-16-23(24)29-26(32)33-27(2,3)4;1-17(2,3)21-16(20)19-15-10-9-13(11-14(15)18)12-7-5-4-6-8-12;1-13(2,3)18-12(17)16-10-6-14(7-11-16)4-8-15-9-5-14;9-5-6-1-3-7(4-2-6)8(10)11;1-2-4-6-5-3-1;1-2-3;/h1-11,20,31H,12-19,21,30H2,(H,32,34);6-17H,5,18H2,1-4H3,(H,29,32);4-11H,18H2,1-3H3,(H,19,20);15H,4-11H2,1-3H3;1-4H,5H2;1-6H;2H,1H3;1H4. The molecule has 23 heteroatoms. The molecule has 4 saturated heterocycles. The maximum atomic E-state index is 13.4. The zero-order chi connectivity index (χ0) is 91.3. The van der Waals surface area contributed by atoms with Crippen molar-refractivity contribution in [3.63, 3.8) is 0 Å². The van der Waals surface area contributed by atoms with Crippen LogP contribution in [0.15, 0.2) is 255 Å². The molecule has 10 aromatic rings. The van der Waals surface area contributed by atoms with E-state index in [-0.39, 0.29) is 30.9 Å². The second kappa shape index (κ2) is 50.8. The van der Waals surface area contributed by atoms with Crippen LogP contribution in [0.5, 0.6) is 0 Å². The number of amides is 5. The largest absolute Gasteiger partial charge is 0.444 e. The summed E-state index contributed by atoms with van der Waals surface area (Å²) in [7, 11) is 0. The highest BCUT2D eigenvalue weighted by molar-refractivity contribution is 6.67. The van der Waals surface area contributed by atoms with Gasteiger partial charge >= 0.3 is 18.3 Å². The Kier molecular flexibility index (Phi) is 41.1. The van der Waals surface area contributed by atoms with Gasteiger partial charge in [0.2, 0.25) is 0 Å². The predicted molar refractivity (Wildman–Crippen MR) is 524 cm³/mol. The SMILES string of the molecule is C.CC(C)(C)OC(=O)N1CCC2(CCNCC2)CC1.CC(C)(C)OC(=O)Nc1ccc(-c2ccccc2)cc1N.CC=O.CCN(C(=O)c1ccc(CCl)cc1)c1cc(-c2ccccc2)ccc1NC(=O)OC(C)(C)C.Nc1ccc(-c2ccccc2)cc1NC(=O)c1ccc(CN2CCC3(CCNCC3)CC2)cc1.O=C(Cl)c1ccc(CCl)cc1.c1ccccc1. The van der Waals surface area contributed by atoms with Gasteiger partial charge in [-0.15, -0.1) is 23.2 Å². The molecule has 127 heavy (non-hydrogen) atoms. The lowest BCUT2D eigenvalue weighted by atomic mass is 9.71. The van der Waals surface area contributed by atoms with Gasteiger partial charge in [0.25, 0.3) is 17.1 Å². The van der Waals surface area contributed by atoms with Crippen molar-refractivity contribution in [3.05, 3.63) is 288 Å². The number of alkyl halides is 2. The van der Waals surface area contributed by atoms with Gasteiger partial charge < -0.3 is 56.2 Å². The summed E-state index contributed by atoms with van der Waals surface area (Å²) in [6.07, 6.45) is 9.55. The molecule has 0 aromatic heterocycles. The molecule has 10 aromatic carbocycles. The smallest absolute Gasteiger partial charge is 0.412 e. The molecule has 0 saturated carbocycles. The third-order valence-corrected chi connectivity index (χ3v) is 22.3. The highest BCUT2D eigenvalue weighted by Crippen LogP contribution is 2.42. The topological polar surface area (TPSA) is 269 Å². The van der Waals surface area contributed by atoms with Crippen molar-refractivity contribution in [2.45, 2.75) is 170 Å². The lowest BCUT2D eigenvalue weighted by molar-refractivity contribution is -0.106. The number of likely N-dealkylation sites (tertiary alicyclic amines) is 2. The summed E-state index contributed by atoms with van der Waals surface area (Å²) < 4.78 is 16.1. The Morgan fingerprint density at radius 2 is 0.803 bits per heavy atom. The first-order valence-electron chi connectivity index (χ1n) is 43.1. The number of piperidine rings is 4. The normalized spacial score (nSPS) is 14.2. The minimum absolute atomic E-state index is 0. The summed E-state index contributed by atoms with van der Waals surface area (Å²) in [5.74, 6) is 0.525. The number of carbonyl (C=O) groups is 7. The average Bonchev–Trinajstić information content (AvgIpc) is 0.810. The van der Waals surface area contributed by atoms with Crippen molar-refractivity contribution in [1.29, 1.82) is 0 Å². The first-order chi connectivity index (χ1) is 60.2. The van der Waals surface area contributed by atoms with Crippen molar-refractivity contribution >= 4 is 111 Å². The van der Waals surface area contributed by atoms with Gasteiger partial charge in [-0.25, -0.2) is 14.4 Å². The predicted octanol–water partition coefficient (Wildman–Crippen LogP) is 24.3. The molecular formula is C104H129Cl3N10O10. The number of nitrogens with two attached hydrogens (primary N) is 2. The molecule has 676 valence electrons. The van der Waals surface area contributed by atoms with Gasteiger partial charge in [-0.1, -0.05) is 189 Å². The van der Waals surface area contributed by atoms with Crippen LogP contribution in [-0.4, -0.2) is 127 Å². The van der Waals surface area contributed by atoms with Crippen LogP contribution in [0.2, 0.25) is 0 Å². The molecule has 5 amide bonds. The van der Waals surface area contributed by atoms with Crippen LogP contribution in [0, 0.1) is 10.8 Å². The molecule has 2 spiro atoms. The number of benzene rings is 10. The van der Waals surface area contributed by atoms with Gasteiger partial charge in [-0.3, -0.25) is 29.9 Å². The van der Waals surface area contributed by atoms with Crippen LogP contribution >= 0.6 is 34.8 Å². The quantitative estimate of drug-likeness (QED) is 0.0165. The van der Waals surface area contributed by atoms with Crippen molar-refractivity contribution < 1.29 is 47.8 Å². The van der Waals surface area contributed by atoms with Crippen molar-refractivity contribution in [3.8, 4) is 33.4 Å². The number of hydrogen-bond acceptors (Lipinski definition) is 15. The number of aldehydes is 1. The van der Waals surface area contributed by atoms with E-state index in [1.807, 2.05) is 247 Å². The fourth-order valence-electron chi connectivity index (χ4n) is 14.7. The molecule has 20 nitrogen and oxygen atoms in total. The maximum absolute atomic E-state index is 13.4. The number of ether oxygens (including phenoxy) is 3. The van der Waals surface area contributed by atoms with E-state index in [1.54, 1.807) is 74.2 Å². The van der Waals surface area contributed by atoms with E-state index in [9.17, 15) is 28.8 Å². The Morgan fingerprint density at radius 3 is 1.21 bits per heavy atom. The summed E-state index contributed by atoms with van der Waals surface area (Å²) >= 11 is 16.7. The Morgan fingerprint density at radius 1 is 0.433 bits per heavy atom. The van der Waals surface area contributed by atoms with Gasteiger partial charge in [0, 0.05) is 54.6 Å². The van der Waals surface area contributed by atoms with Gasteiger partial charge in [-0.05, 0) is 312 Å². The van der Waals surface area contributed by atoms with Crippen molar-refractivity contribution in [1.82, 2.24) is 20.4 Å². The van der Waals surface area contributed by atoms with Crippen LogP contribution < -0.4 is 43.0 Å². The van der Waals surface area contributed by atoms with E-state index < -0.39 is 28.6 Å². The van der Waals surface area contributed by atoms with E-state index in [4.69, 9.17) is 65.3 Å². The number of nitrogens with zero attached hydrogens (tertiary/aromatic N) is 3. The number of anilines is 6. The summed E-state index contributed by atoms with van der Waals surface area (Å²) in [5.41, 5.74) is 26.0. The minimum atomic E-state index is -0.640. The fourth-order valence-corrected chi connectivity index (χ4v) is 15.2. The average molecular weight is 1790 g/mol. The third-order valence-electron chi connectivity index (χ3n) is 21.5. The Labute approximate surface area is 767 Å². The highest BCUT2D eigenvalue weighted by Gasteiger charge is 2.39. The fraction of sp³-hybridized carbons (Fsp3) is 0.356. The number of rotatable bonds is 15. The van der Waals surface area contributed by atoms with E-state index in [1.165, 1.54) is 77.2 Å². The lowest BCUT2D eigenvalue weighted by Gasteiger charge is -2.44. The molecule has 4 aliphatic heterocycles. The molecule has 0 atom stereocenters. The molecule has 14 rings (SSSR count). The Hall–Kier alpha value is -11.4. The van der Waals surface area contributed by atoms with Gasteiger partial charge in [0.15, 0.2) is 0 Å². The van der Waals surface area contributed by atoms with Gasteiger partial charge in [0.1, 0.15) is 23.1 Å². The Balaban J connectivity index is 0.000000220.